The van der Waals surface area contributed by atoms with Crippen LogP contribution in [0.3, 0.4) is 0 Å². The third-order valence-electron chi connectivity index (χ3n) is 3.77. The van der Waals surface area contributed by atoms with Crippen LogP contribution in [0, 0.1) is 5.92 Å². The third-order valence-corrected chi connectivity index (χ3v) is 5.32. The quantitative estimate of drug-likeness (QED) is 0.764. The molecular weight excluding hydrogens is 333 g/mol. The van der Waals surface area contributed by atoms with Gasteiger partial charge in [-0.05, 0) is 43.9 Å². The maximum Gasteiger partial charge on any atom is 0.261 e. The second-order valence-electron chi connectivity index (χ2n) is 5.25. The van der Waals surface area contributed by atoms with Crippen molar-refractivity contribution in [3.05, 3.63) is 28.8 Å². The second-order valence-corrected chi connectivity index (χ2v) is 8.26. The Bertz CT molecular complexity index is 642. The van der Waals surface area contributed by atoms with Crippen molar-refractivity contribution < 1.29 is 13.2 Å². The Morgan fingerprint density at radius 3 is 2.48 bits per heavy atom. The SMILES string of the molecule is CCN(CC1CCC1)C(=O)c1cc(Cl)cc(S(=O)(=O)Cl)c1. The van der Waals surface area contributed by atoms with Crippen molar-refractivity contribution in [3.8, 4) is 0 Å². The lowest BCUT2D eigenvalue weighted by molar-refractivity contribution is 0.0706. The van der Waals surface area contributed by atoms with Crippen LogP contribution in [0.4, 0.5) is 0 Å². The van der Waals surface area contributed by atoms with E-state index in [1.807, 2.05) is 6.92 Å². The van der Waals surface area contributed by atoms with Crippen LogP contribution in [0.1, 0.15) is 36.5 Å². The molecule has 7 heteroatoms. The molecule has 1 aliphatic carbocycles. The van der Waals surface area contributed by atoms with Crippen molar-refractivity contribution in [1.82, 2.24) is 4.90 Å². The van der Waals surface area contributed by atoms with Gasteiger partial charge in [-0.2, -0.15) is 0 Å². The van der Waals surface area contributed by atoms with Crippen molar-refractivity contribution in [3.63, 3.8) is 0 Å². The highest BCUT2D eigenvalue weighted by molar-refractivity contribution is 8.13. The van der Waals surface area contributed by atoms with Gasteiger partial charge in [-0.15, -0.1) is 0 Å². The summed E-state index contributed by atoms with van der Waals surface area (Å²) in [6.45, 7) is 3.18. The van der Waals surface area contributed by atoms with Gasteiger partial charge in [0, 0.05) is 34.4 Å². The lowest BCUT2D eigenvalue weighted by atomic mass is 9.85. The number of amides is 1. The number of carbonyl (C=O) groups excluding carboxylic acids is 1. The van der Waals surface area contributed by atoms with Crippen molar-refractivity contribution in [2.45, 2.75) is 31.1 Å². The van der Waals surface area contributed by atoms with E-state index in [1.54, 1.807) is 4.90 Å². The predicted octanol–water partition coefficient (Wildman–Crippen LogP) is 3.53. The number of carbonyl (C=O) groups is 1. The fraction of sp³-hybridized carbons (Fsp3) is 0.500. The molecule has 1 aromatic carbocycles. The first-order valence-electron chi connectivity index (χ1n) is 6.85. The number of benzene rings is 1. The zero-order valence-corrected chi connectivity index (χ0v) is 14.0. The van der Waals surface area contributed by atoms with E-state index in [9.17, 15) is 13.2 Å². The molecule has 21 heavy (non-hydrogen) atoms. The molecule has 0 unspecified atom stereocenters. The maximum atomic E-state index is 12.5. The van der Waals surface area contributed by atoms with Crippen LogP contribution < -0.4 is 0 Å². The zero-order valence-electron chi connectivity index (χ0n) is 11.7. The smallest absolute Gasteiger partial charge is 0.261 e. The highest BCUT2D eigenvalue weighted by Crippen LogP contribution is 2.28. The van der Waals surface area contributed by atoms with E-state index < -0.39 is 9.05 Å². The summed E-state index contributed by atoms with van der Waals surface area (Å²) in [6, 6.07) is 3.99. The van der Waals surface area contributed by atoms with Crippen molar-refractivity contribution in [2.75, 3.05) is 13.1 Å². The molecule has 4 nitrogen and oxygen atoms in total. The largest absolute Gasteiger partial charge is 0.339 e. The van der Waals surface area contributed by atoms with Crippen molar-refractivity contribution in [2.24, 2.45) is 5.92 Å². The van der Waals surface area contributed by atoms with Crippen LogP contribution in [-0.4, -0.2) is 32.3 Å². The predicted molar refractivity (Wildman–Crippen MR) is 83.4 cm³/mol. The summed E-state index contributed by atoms with van der Waals surface area (Å²) < 4.78 is 22.8. The molecule has 1 fully saturated rings. The van der Waals surface area contributed by atoms with Crippen LogP contribution >= 0.6 is 22.3 Å². The van der Waals surface area contributed by atoms with E-state index in [4.69, 9.17) is 22.3 Å². The van der Waals surface area contributed by atoms with Gasteiger partial charge in [0.1, 0.15) is 0 Å². The van der Waals surface area contributed by atoms with Gasteiger partial charge in [0.25, 0.3) is 15.0 Å². The molecule has 0 atom stereocenters. The molecule has 0 aromatic heterocycles. The Balaban J connectivity index is 2.26. The highest BCUT2D eigenvalue weighted by Gasteiger charge is 2.24. The van der Waals surface area contributed by atoms with E-state index >= 15 is 0 Å². The highest BCUT2D eigenvalue weighted by atomic mass is 35.7. The number of nitrogens with zero attached hydrogens (tertiary/aromatic N) is 1. The molecule has 0 radical (unpaired) electrons. The van der Waals surface area contributed by atoms with E-state index in [1.165, 1.54) is 24.6 Å². The molecule has 1 saturated carbocycles. The monoisotopic (exact) mass is 349 g/mol. The summed E-state index contributed by atoms with van der Waals surface area (Å²) in [5.41, 5.74) is 0.253. The number of rotatable bonds is 5. The first kappa shape index (κ1) is 16.6. The second kappa shape index (κ2) is 6.55. The molecule has 0 heterocycles. The lowest BCUT2D eigenvalue weighted by Crippen LogP contribution is -2.37. The van der Waals surface area contributed by atoms with Gasteiger partial charge in [0.05, 0.1) is 4.90 Å². The Labute approximate surface area is 134 Å². The van der Waals surface area contributed by atoms with Crippen LogP contribution in [0.2, 0.25) is 5.02 Å². The summed E-state index contributed by atoms with van der Waals surface area (Å²) in [5.74, 6) is 0.331. The Kier molecular flexibility index (Phi) is 5.17. The molecular formula is C14H17Cl2NO3S. The maximum absolute atomic E-state index is 12.5. The van der Waals surface area contributed by atoms with Gasteiger partial charge in [-0.25, -0.2) is 8.42 Å². The first-order valence-corrected chi connectivity index (χ1v) is 9.54. The fourth-order valence-corrected chi connectivity index (χ4v) is 3.45. The normalized spacial score (nSPS) is 15.6. The molecule has 0 aliphatic heterocycles. The summed E-state index contributed by atoms with van der Waals surface area (Å²) >= 11 is 5.90. The Morgan fingerprint density at radius 2 is 2.00 bits per heavy atom. The minimum atomic E-state index is -3.91. The topological polar surface area (TPSA) is 54.5 Å². The fourth-order valence-electron chi connectivity index (χ4n) is 2.35. The molecule has 1 aromatic rings. The standard InChI is InChI=1S/C14H17Cl2NO3S/c1-2-17(9-10-4-3-5-10)14(18)11-6-12(15)8-13(7-11)21(16,19)20/h6-8,10H,2-5,9H2,1H3. The van der Waals surface area contributed by atoms with Crippen LogP contribution in [-0.2, 0) is 9.05 Å². The van der Waals surface area contributed by atoms with Gasteiger partial charge < -0.3 is 4.90 Å². The molecule has 0 spiro atoms. The van der Waals surface area contributed by atoms with Crippen molar-refractivity contribution in [1.29, 1.82) is 0 Å². The lowest BCUT2D eigenvalue weighted by Gasteiger charge is -2.32. The third kappa shape index (κ3) is 4.11. The summed E-state index contributed by atoms with van der Waals surface area (Å²) in [4.78, 5) is 14.1. The van der Waals surface area contributed by atoms with Gasteiger partial charge in [0.15, 0.2) is 0 Å². The van der Waals surface area contributed by atoms with E-state index in [-0.39, 0.29) is 21.4 Å². The molecule has 0 N–H and O–H groups in total. The summed E-state index contributed by atoms with van der Waals surface area (Å²) in [7, 11) is 1.41. The number of halogens is 2. The van der Waals surface area contributed by atoms with Gasteiger partial charge >= 0.3 is 0 Å². The molecule has 0 bridgehead atoms. The zero-order chi connectivity index (χ0) is 15.6. The number of hydrogen-bond donors (Lipinski definition) is 0. The van der Waals surface area contributed by atoms with E-state index in [0.29, 0.717) is 19.0 Å². The van der Waals surface area contributed by atoms with Crippen molar-refractivity contribution >= 4 is 37.2 Å². The van der Waals surface area contributed by atoms with Gasteiger partial charge in [-0.1, -0.05) is 18.0 Å². The summed E-state index contributed by atoms with van der Waals surface area (Å²) in [5, 5.41) is 0.180. The minimum absolute atomic E-state index is 0.153. The van der Waals surface area contributed by atoms with Crippen LogP contribution in [0.5, 0.6) is 0 Å². The van der Waals surface area contributed by atoms with E-state index in [0.717, 1.165) is 12.8 Å². The number of hydrogen-bond acceptors (Lipinski definition) is 3. The summed E-state index contributed by atoms with van der Waals surface area (Å²) in [6.07, 6.45) is 3.49. The van der Waals surface area contributed by atoms with Crippen LogP contribution in [0.15, 0.2) is 23.1 Å². The average Bonchev–Trinajstić information content (AvgIpc) is 2.35. The Morgan fingerprint density at radius 1 is 1.33 bits per heavy atom. The van der Waals surface area contributed by atoms with Gasteiger partial charge in [-0.3, -0.25) is 4.79 Å². The minimum Gasteiger partial charge on any atom is -0.339 e. The van der Waals surface area contributed by atoms with E-state index in [2.05, 4.69) is 0 Å². The molecule has 0 saturated heterocycles. The molecule has 116 valence electrons. The molecule has 1 amide bonds. The van der Waals surface area contributed by atoms with Crippen LogP contribution in [0.25, 0.3) is 0 Å². The molecule has 2 rings (SSSR count). The first-order chi connectivity index (χ1) is 9.81. The molecule has 1 aliphatic rings. The van der Waals surface area contributed by atoms with Gasteiger partial charge in [0.2, 0.25) is 0 Å². The average molecular weight is 350 g/mol. The Hall–Kier alpha value is -0.780.